The third kappa shape index (κ3) is 2.25. The zero-order valence-electron chi connectivity index (χ0n) is 10.9. The van der Waals surface area contributed by atoms with Crippen molar-refractivity contribution in [3.63, 3.8) is 0 Å². The van der Waals surface area contributed by atoms with Gasteiger partial charge in [0.25, 0.3) is 0 Å². The predicted molar refractivity (Wildman–Crippen MR) is 72.5 cm³/mol. The van der Waals surface area contributed by atoms with Crippen molar-refractivity contribution in [1.82, 2.24) is 0 Å². The summed E-state index contributed by atoms with van der Waals surface area (Å²) in [5.74, 6) is 1.59. The maximum absolute atomic E-state index is 12.0. The number of hydrogen-bond acceptors (Lipinski definition) is 4. The molecule has 0 unspecified atom stereocenters. The molecule has 19 heavy (non-hydrogen) atoms. The molecule has 0 fully saturated rings. The van der Waals surface area contributed by atoms with Gasteiger partial charge in [-0.15, -0.1) is 0 Å². The summed E-state index contributed by atoms with van der Waals surface area (Å²) < 4.78 is 37.8. The molecule has 0 saturated heterocycles. The van der Waals surface area contributed by atoms with Gasteiger partial charge in [0.05, 0.1) is 24.7 Å². The van der Waals surface area contributed by atoms with Crippen molar-refractivity contribution in [3.05, 3.63) is 17.2 Å². The van der Waals surface area contributed by atoms with Crippen molar-refractivity contribution in [2.24, 2.45) is 0 Å². The fraction of sp³-hybridized carbons (Fsp3) is 0.538. The van der Waals surface area contributed by atoms with Crippen molar-refractivity contribution in [3.8, 4) is 11.5 Å². The third-order valence-electron chi connectivity index (χ3n) is 3.38. The Bertz CT molecular complexity index is 577. The predicted octanol–water partition coefficient (Wildman–Crippen LogP) is 1.71. The average Bonchev–Trinajstić information content (AvgIpc) is 2.95. The molecule has 0 spiro atoms. The monoisotopic (exact) mass is 283 g/mol. The first-order valence-corrected chi connectivity index (χ1v) is 8.21. The molecule has 2 aliphatic rings. The van der Waals surface area contributed by atoms with Gasteiger partial charge in [-0.3, -0.25) is 4.72 Å². The standard InChI is InChI=1S/C13H17NO4S/c1-2-7-19(15,16)14-12-10-4-6-17-11(10)8-9-3-5-18-13(9)12/h8,14H,2-7H2,1H3. The highest BCUT2D eigenvalue weighted by Gasteiger charge is 2.28. The van der Waals surface area contributed by atoms with E-state index in [1.54, 1.807) is 0 Å². The molecule has 0 radical (unpaired) electrons. The Morgan fingerprint density at radius 1 is 1.26 bits per heavy atom. The van der Waals surface area contributed by atoms with E-state index in [9.17, 15) is 8.42 Å². The van der Waals surface area contributed by atoms with Gasteiger partial charge < -0.3 is 9.47 Å². The van der Waals surface area contributed by atoms with Crippen LogP contribution in [0.25, 0.3) is 0 Å². The van der Waals surface area contributed by atoms with Crippen LogP contribution in [0.15, 0.2) is 6.07 Å². The van der Waals surface area contributed by atoms with Gasteiger partial charge in [0.2, 0.25) is 10.0 Å². The molecule has 1 aromatic rings. The van der Waals surface area contributed by atoms with Crippen molar-refractivity contribution in [2.45, 2.75) is 26.2 Å². The van der Waals surface area contributed by atoms with E-state index in [4.69, 9.17) is 9.47 Å². The molecule has 2 aliphatic heterocycles. The van der Waals surface area contributed by atoms with Crippen molar-refractivity contribution in [2.75, 3.05) is 23.7 Å². The van der Waals surface area contributed by atoms with Crippen LogP contribution in [0.4, 0.5) is 5.69 Å². The van der Waals surface area contributed by atoms with Gasteiger partial charge in [-0.05, 0) is 12.5 Å². The maximum Gasteiger partial charge on any atom is 0.232 e. The minimum atomic E-state index is -3.31. The van der Waals surface area contributed by atoms with Crippen LogP contribution in [-0.4, -0.2) is 27.4 Å². The van der Waals surface area contributed by atoms with E-state index in [1.165, 1.54) is 0 Å². The smallest absolute Gasteiger partial charge is 0.232 e. The Labute approximate surface area is 113 Å². The molecular weight excluding hydrogens is 266 g/mol. The zero-order chi connectivity index (χ0) is 13.5. The van der Waals surface area contributed by atoms with Crippen LogP contribution < -0.4 is 14.2 Å². The van der Waals surface area contributed by atoms with Crippen molar-refractivity contribution in [1.29, 1.82) is 0 Å². The summed E-state index contributed by atoms with van der Waals surface area (Å²) in [5.41, 5.74) is 2.53. The molecule has 6 heteroatoms. The quantitative estimate of drug-likeness (QED) is 0.913. The number of sulfonamides is 1. The minimum absolute atomic E-state index is 0.117. The lowest BCUT2D eigenvalue weighted by atomic mass is 10.0. The van der Waals surface area contributed by atoms with Gasteiger partial charge in [0.1, 0.15) is 11.5 Å². The van der Waals surface area contributed by atoms with Crippen LogP contribution in [0.2, 0.25) is 0 Å². The van der Waals surface area contributed by atoms with Crippen LogP contribution in [0, 0.1) is 0 Å². The molecule has 1 aromatic carbocycles. The highest BCUT2D eigenvalue weighted by Crippen LogP contribution is 2.44. The fourth-order valence-electron chi connectivity index (χ4n) is 2.57. The molecule has 3 rings (SSSR count). The lowest BCUT2D eigenvalue weighted by molar-refractivity contribution is 0.356. The van der Waals surface area contributed by atoms with Crippen molar-refractivity contribution >= 4 is 15.7 Å². The van der Waals surface area contributed by atoms with Crippen molar-refractivity contribution < 1.29 is 17.9 Å². The number of hydrogen-bond donors (Lipinski definition) is 1. The molecule has 0 bridgehead atoms. The zero-order valence-corrected chi connectivity index (χ0v) is 11.7. The molecule has 0 saturated carbocycles. The molecule has 0 amide bonds. The first kappa shape index (κ1) is 12.6. The van der Waals surface area contributed by atoms with Crippen LogP contribution in [0.5, 0.6) is 11.5 Å². The number of nitrogens with one attached hydrogen (secondary N) is 1. The SMILES string of the molecule is CCCS(=O)(=O)Nc1c2c(cc3c1OCC3)OCC2. The summed E-state index contributed by atoms with van der Waals surface area (Å²) in [6, 6.07) is 1.97. The Kier molecular flexibility index (Phi) is 3.05. The molecule has 104 valence electrons. The second-order valence-electron chi connectivity index (χ2n) is 4.83. The van der Waals surface area contributed by atoms with Crippen LogP contribution in [-0.2, 0) is 22.9 Å². The molecule has 2 heterocycles. The molecule has 0 aromatic heterocycles. The summed E-state index contributed by atoms with van der Waals surface area (Å²) >= 11 is 0. The summed E-state index contributed by atoms with van der Waals surface area (Å²) in [6.45, 7) is 3.04. The maximum atomic E-state index is 12.0. The molecule has 0 atom stereocenters. The largest absolute Gasteiger partial charge is 0.493 e. The lowest BCUT2D eigenvalue weighted by Gasteiger charge is -2.14. The molecule has 0 aliphatic carbocycles. The van der Waals surface area contributed by atoms with Gasteiger partial charge in [0, 0.05) is 24.0 Å². The fourth-order valence-corrected chi connectivity index (χ4v) is 3.73. The number of fused-ring (bicyclic) bond motifs is 2. The van der Waals surface area contributed by atoms with Gasteiger partial charge in [-0.1, -0.05) is 6.92 Å². The van der Waals surface area contributed by atoms with E-state index in [-0.39, 0.29) is 5.75 Å². The van der Waals surface area contributed by atoms with E-state index < -0.39 is 10.0 Å². The Balaban J connectivity index is 2.05. The number of ether oxygens (including phenoxy) is 2. The highest BCUT2D eigenvalue weighted by atomic mass is 32.2. The average molecular weight is 283 g/mol. The van der Waals surface area contributed by atoms with Gasteiger partial charge >= 0.3 is 0 Å². The molecule has 1 N–H and O–H groups in total. The van der Waals surface area contributed by atoms with Crippen LogP contribution in [0.1, 0.15) is 24.5 Å². The molecule has 5 nitrogen and oxygen atoms in total. The summed E-state index contributed by atoms with van der Waals surface area (Å²) in [5, 5.41) is 0. The highest BCUT2D eigenvalue weighted by molar-refractivity contribution is 7.92. The number of rotatable bonds is 4. The van der Waals surface area contributed by atoms with E-state index in [2.05, 4.69) is 4.72 Å². The summed E-state index contributed by atoms with van der Waals surface area (Å²) in [7, 11) is -3.31. The summed E-state index contributed by atoms with van der Waals surface area (Å²) in [6.07, 6.45) is 2.11. The second-order valence-corrected chi connectivity index (χ2v) is 6.68. The topological polar surface area (TPSA) is 64.6 Å². The Morgan fingerprint density at radius 3 is 2.84 bits per heavy atom. The lowest BCUT2D eigenvalue weighted by Crippen LogP contribution is -2.17. The van der Waals surface area contributed by atoms with E-state index in [0.29, 0.717) is 31.1 Å². The van der Waals surface area contributed by atoms with E-state index in [1.807, 2.05) is 13.0 Å². The first-order valence-electron chi connectivity index (χ1n) is 6.55. The Morgan fingerprint density at radius 2 is 2.05 bits per heavy atom. The normalized spacial score (nSPS) is 16.5. The molecular formula is C13H17NO4S. The second kappa shape index (κ2) is 4.59. The van der Waals surface area contributed by atoms with Crippen LogP contribution in [0.3, 0.4) is 0 Å². The van der Waals surface area contributed by atoms with E-state index in [0.717, 1.165) is 29.7 Å². The first-order chi connectivity index (χ1) is 9.11. The van der Waals surface area contributed by atoms with E-state index >= 15 is 0 Å². The third-order valence-corrected chi connectivity index (χ3v) is 4.84. The Hall–Kier alpha value is -1.43. The van der Waals surface area contributed by atoms with Crippen LogP contribution >= 0.6 is 0 Å². The minimum Gasteiger partial charge on any atom is -0.493 e. The van der Waals surface area contributed by atoms with Gasteiger partial charge in [0.15, 0.2) is 0 Å². The number of anilines is 1. The summed E-state index contributed by atoms with van der Waals surface area (Å²) in [4.78, 5) is 0. The number of benzene rings is 1. The van der Waals surface area contributed by atoms with Gasteiger partial charge in [-0.2, -0.15) is 0 Å². The van der Waals surface area contributed by atoms with Gasteiger partial charge in [-0.25, -0.2) is 8.42 Å².